The number of hydrogen-bond donors (Lipinski definition) is 2. The number of rotatable bonds is 3. The summed E-state index contributed by atoms with van der Waals surface area (Å²) in [5, 5.41) is 2.82. The van der Waals surface area contributed by atoms with Crippen LogP contribution in [0.5, 0.6) is 0 Å². The minimum atomic E-state index is -0.625. The Morgan fingerprint density at radius 3 is 2.77 bits per heavy atom. The van der Waals surface area contributed by atoms with E-state index >= 15 is 0 Å². The van der Waals surface area contributed by atoms with Gasteiger partial charge in [0.05, 0.1) is 11.3 Å². The molecular formula is C20H15F2N3O. The van der Waals surface area contributed by atoms with Crippen molar-refractivity contribution >= 4 is 18.1 Å². The van der Waals surface area contributed by atoms with Crippen LogP contribution in [0.4, 0.5) is 8.78 Å². The number of benzene rings is 1. The van der Waals surface area contributed by atoms with Crippen molar-refractivity contribution in [2.75, 3.05) is 6.54 Å². The molecule has 1 amide bonds. The van der Waals surface area contributed by atoms with Crippen LogP contribution in [-0.2, 0) is 6.42 Å². The second-order valence-electron chi connectivity index (χ2n) is 6.05. The summed E-state index contributed by atoms with van der Waals surface area (Å²) in [6.45, 7) is 0.624. The van der Waals surface area contributed by atoms with Gasteiger partial charge in [-0.25, -0.2) is 8.78 Å². The summed E-state index contributed by atoms with van der Waals surface area (Å²) in [6, 6.07) is 8.94. The van der Waals surface area contributed by atoms with Gasteiger partial charge in [-0.2, -0.15) is 0 Å². The Hall–Kier alpha value is -3.28. The normalized spacial score (nSPS) is 13.7. The monoisotopic (exact) mass is 351 g/mol. The van der Waals surface area contributed by atoms with Crippen LogP contribution in [0.15, 0.2) is 42.6 Å². The fraction of sp³-hybridized carbons (Fsp3) is 0.100. The van der Waals surface area contributed by atoms with E-state index in [2.05, 4.69) is 15.3 Å². The number of H-pyrrole nitrogens is 1. The lowest BCUT2D eigenvalue weighted by Crippen LogP contribution is -2.31. The molecule has 0 fully saturated rings. The molecule has 4 rings (SSSR count). The number of amides is 1. The molecule has 0 saturated heterocycles. The quantitative estimate of drug-likeness (QED) is 0.754. The lowest BCUT2D eigenvalue weighted by molar-refractivity contribution is 0.0946. The highest BCUT2D eigenvalue weighted by Crippen LogP contribution is 2.24. The summed E-state index contributed by atoms with van der Waals surface area (Å²) in [5.41, 5.74) is 4.20. The summed E-state index contributed by atoms with van der Waals surface area (Å²) in [6.07, 6.45) is 5.63. The Labute approximate surface area is 148 Å². The molecule has 1 aliphatic heterocycles. The average molecular weight is 351 g/mol. The number of carbonyl (C=O) groups excluding carboxylic acids is 1. The fourth-order valence-electron chi connectivity index (χ4n) is 2.97. The van der Waals surface area contributed by atoms with Gasteiger partial charge in [0.2, 0.25) is 0 Å². The minimum absolute atomic E-state index is 0.0743. The van der Waals surface area contributed by atoms with Gasteiger partial charge in [-0.3, -0.25) is 9.78 Å². The lowest BCUT2D eigenvalue weighted by atomic mass is 10.1. The Balaban J connectivity index is 1.63. The minimum Gasteiger partial charge on any atom is -0.358 e. The van der Waals surface area contributed by atoms with E-state index in [1.807, 2.05) is 18.2 Å². The zero-order valence-corrected chi connectivity index (χ0v) is 13.7. The molecule has 0 unspecified atom stereocenters. The van der Waals surface area contributed by atoms with Crippen LogP contribution in [0.1, 0.15) is 27.3 Å². The summed E-state index contributed by atoms with van der Waals surface area (Å²) in [5.74, 6) is -1.31. The first-order valence-corrected chi connectivity index (χ1v) is 8.20. The molecule has 6 heteroatoms. The number of aromatic nitrogens is 2. The summed E-state index contributed by atoms with van der Waals surface area (Å²) < 4.78 is 26.7. The van der Waals surface area contributed by atoms with E-state index in [-0.39, 0.29) is 11.5 Å². The number of hydrogen-bond acceptors (Lipinski definition) is 2. The number of fused-ring (bicyclic) bond motifs is 1. The van der Waals surface area contributed by atoms with Crippen LogP contribution < -0.4 is 5.32 Å². The number of nitrogens with zero attached hydrogens (tertiary/aromatic N) is 1. The van der Waals surface area contributed by atoms with Crippen molar-refractivity contribution < 1.29 is 13.6 Å². The Kier molecular flexibility index (Phi) is 4.08. The van der Waals surface area contributed by atoms with Crippen molar-refractivity contribution in [1.29, 1.82) is 0 Å². The maximum Gasteiger partial charge on any atom is 0.253 e. The number of nitrogens with one attached hydrogen (secondary N) is 2. The maximum absolute atomic E-state index is 13.7. The molecule has 26 heavy (non-hydrogen) atoms. The predicted octanol–water partition coefficient (Wildman–Crippen LogP) is 3.81. The standard InChI is InChI=1S/C20H15F2N3O/c21-14-3-1-12(17(22)10-14)2-4-15-9-13(5-7-23-15)19-11-16-18(25-19)6-8-24-20(16)26/h1-5,7,9-11,25H,6,8H2,(H,24,26)/b4-2+. The van der Waals surface area contributed by atoms with E-state index in [0.717, 1.165) is 29.4 Å². The van der Waals surface area contributed by atoms with Crippen molar-refractivity contribution in [3.63, 3.8) is 0 Å². The first-order valence-electron chi connectivity index (χ1n) is 8.20. The van der Waals surface area contributed by atoms with Crippen LogP contribution in [0.3, 0.4) is 0 Å². The topological polar surface area (TPSA) is 57.8 Å². The number of carbonyl (C=O) groups is 1. The van der Waals surface area contributed by atoms with Gasteiger partial charge < -0.3 is 10.3 Å². The first kappa shape index (κ1) is 16.2. The molecule has 2 N–H and O–H groups in total. The highest BCUT2D eigenvalue weighted by molar-refractivity contribution is 5.97. The third-order valence-electron chi connectivity index (χ3n) is 4.29. The van der Waals surface area contributed by atoms with Crippen LogP contribution >= 0.6 is 0 Å². The van der Waals surface area contributed by atoms with Gasteiger partial charge in [0.1, 0.15) is 11.6 Å². The number of aromatic amines is 1. The van der Waals surface area contributed by atoms with Gasteiger partial charge in [-0.15, -0.1) is 0 Å². The van der Waals surface area contributed by atoms with Gasteiger partial charge >= 0.3 is 0 Å². The van der Waals surface area contributed by atoms with Crippen LogP contribution in [0.2, 0.25) is 0 Å². The number of pyridine rings is 1. The molecule has 0 bridgehead atoms. The van der Waals surface area contributed by atoms with Gasteiger partial charge in [-0.1, -0.05) is 0 Å². The molecule has 2 aromatic heterocycles. The second-order valence-corrected chi connectivity index (χ2v) is 6.05. The Morgan fingerprint density at radius 2 is 1.96 bits per heavy atom. The van der Waals surface area contributed by atoms with Crippen molar-refractivity contribution in [1.82, 2.24) is 15.3 Å². The second kappa shape index (κ2) is 6.55. The van der Waals surface area contributed by atoms with Crippen LogP contribution in [0.25, 0.3) is 23.4 Å². The summed E-state index contributed by atoms with van der Waals surface area (Å²) in [7, 11) is 0. The van der Waals surface area contributed by atoms with E-state index < -0.39 is 11.6 Å². The number of halogens is 2. The van der Waals surface area contributed by atoms with E-state index in [0.29, 0.717) is 17.8 Å². The van der Waals surface area contributed by atoms with Crippen molar-refractivity contribution in [3.05, 3.63) is 76.7 Å². The maximum atomic E-state index is 13.7. The zero-order chi connectivity index (χ0) is 18.1. The van der Waals surface area contributed by atoms with Gasteiger partial charge in [0.25, 0.3) is 5.91 Å². The molecule has 3 aromatic rings. The van der Waals surface area contributed by atoms with Crippen molar-refractivity contribution in [3.8, 4) is 11.3 Å². The van der Waals surface area contributed by atoms with E-state index in [4.69, 9.17) is 0 Å². The van der Waals surface area contributed by atoms with E-state index in [1.54, 1.807) is 18.3 Å². The van der Waals surface area contributed by atoms with Gasteiger partial charge in [-0.05, 0) is 42.5 Å². The molecule has 0 aliphatic carbocycles. The Morgan fingerprint density at radius 1 is 1.08 bits per heavy atom. The molecule has 0 radical (unpaired) electrons. The molecule has 3 heterocycles. The summed E-state index contributed by atoms with van der Waals surface area (Å²) in [4.78, 5) is 19.4. The molecular weight excluding hydrogens is 336 g/mol. The molecule has 1 aromatic carbocycles. The van der Waals surface area contributed by atoms with Crippen LogP contribution in [-0.4, -0.2) is 22.4 Å². The smallest absolute Gasteiger partial charge is 0.253 e. The highest BCUT2D eigenvalue weighted by Gasteiger charge is 2.19. The molecule has 0 spiro atoms. The van der Waals surface area contributed by atoms with E-state index in [9.17, 15) is 13.6 Å². The summed E-state index contributed by atoms with van der Waals surface area (Å²) >= 11 is 0. The fourth-order valence-corrected chi connectivity index (χ4v) is 2.97. The average Bonchev–Trinajstić information content (AvgIpc) is 3.07. The largest absolute Gasteiger partial charge is 0.358 e. The molecule has 4 nitrogen and oxygen atoms in total. The zero-order valence-electron chi connectivity index (χ0n) is 13.7. The molecule has 0 saturated carbocycles. The molecule has 0 atom stereocenters. The Bertz CT molecular complexity index is 1020. The lowest BCUT2D eigenvalue weighted by Gasteiger charge is -2.10. The van der Waals surface area contributed by atoms with Gasteiger partial charge in [0, 0.05) is 47.7 Å². The van der Waals surface area contributed by atoms with Crippen molar-refractivity contribution in [2.45, 2.75) is 6.42 Å². The highest BCUT2D eigenvalue weighted by atomic mass is 19.1. The third-order valence-corrected chi connectivity index (χ3v) is 4.29. The molecule has 130 valence electrons. The predicted molar refractivity (Wildman–Crippen MR) is 95.3 cm³/mol. The van der Waals surface area contributed by atoms with Crippen molar-refractivity contribution in [2.24, 2.45) is 0 Å². The molecule has 1 aliphatic rings. The first-order chi connectivity index (χ1) is 12.6. The van der Waals surface area contributed by atoms with E-state index in [1.165, 1.54) is 12.1 Å². The third kappa shape index (κ3) is 3.13. The van der Waals surface area contributed by atoms with Crippen LogP contribution in [0, 0.1) is 11.6 Å². The SMILES string of the molecule is O=C1NCCc2[nH]c(-c3ccnc(/C=C/c4ccc(F)cc4F)c3)cc21. The van der Waals surface area contributed by atoms with Gasteiger partial charge in [0.15, 0.2) is 0 Å².